The van der Waals surface area contributed by atoms with Crippen LogP contribution in [0.5, 0.6) is 5.75 Å². The van der Waals surface area contributed by atoms with E-state index in [1.165, 1.54) is 0 Å². The molecule has 0 aliphatic carbocycles. The number of rotatable bonds is 7. The number of pyridine rings is 1. The van der Waals surface area contributed by atoms with Gasteiger partial charge in [0.15, 0.2) is 0 Å². The van der Waals surface area contributed by atoms with Crippen LogP contribution in [0.3, 0.4) is 0 Å². The third-order valence-corrected chi connectivity index (χ3v) is 7.11. The fourth-order valence-corrected chi connectivity index (χ4v) is 5.00. The number of nitrogen functional groups attached to an aromatic ring is 1. The molecule has 1 aliphatic heterocycles. The quantitative estimate of drug-likeness (QED) is 0.321. The van der Waals surface area contributed by atoms with Crippen LogP contribution < -0.4 is 15.8 Å². The van der Waals surface area contributed by atoms with Gasteiger partial charge in [-0.1, -0.05) is 47.5 Å². The van der Waals surface area contributed by atoms with Gasteiger partial charge in [-0.3, -0.25) is 9.78 Å². The first-order valence-corrected chi connectivity index (χ1v) is 13.4. The lowest BCUT2D eigenvalue weighted by molar-refractivity contribution is -0.119. The Kier molecular flexibility index (Phi) is 8.57. The second-order valence-electron chi connectivity index (χ2n) is 10.4. The van der Waals surface area contributed by atoms with Crippen molar-refractivity contribution in [3.63, 3.8) is 0 Å². The molecule has 1 fully saturated rings. The number of benzene rings is 2. The Balaban J connectivity index is 1.65. The molecule has 1 aromatic heterocycles. The highest BCUT2D eigenvalue weighted by molar-refractivity contribution is 6.39. The average molecular weight is 572 g/mol. The van der Waals surface area contributed by atoms with Crippen molar-refractivity contribution in [2.45, 2.75) is 51.8 Å². The van der Waals surface area contributed by atoms with Crippen LogP contribution in [0.2, 0.25) is 10.0 Å². The minimum atomic E-state index is -0.665. The van der Waals surface area contributed by atoms with Crippen LogP contribution in [0.15, 0.2) is 48.7 Å². The molecular weight excluding hydrogens is 539 g/mol. The van der Waals surface area contributed by atoms with Crippen molar-refractivity contribution in [1.82, 2.24) is 15.2 Å². The van der Waals surface area contributed by atoms with Crippen molar-refractivity contribution >= 4 is 40.9 Å². The lowest BCUT2D eigenvalue weighted by Crippen LogP contribution is -2.43. The topological polar surface area (TPSA) is 107 Å². The normalized spacial score (nSPS) is 15.1. The maximum Gasteiger partial charge on any atom is 0.410 e. The van der Waals surface area contributed by atoms with E-state index in [4.69, 9.17) is 38.4 Å². The van der Waals surface area contributed by atoms with Crippen molar-refractivity contribution in [2.75, 3.05) is 19.4 Å². The minimum Gasteiger partial charge on any atom is -0.496 e. The molecule has 2 amide bonds. The number of amides is 2. The molecule has 8 nitrogen and oxygen atoms in total. The molecule has 4 rings (SSSR count). The molecule has 1 atom stereocenters. The molecule has 10 heteroatoms. The molecule has 2 aromatic carbocycles. The van der Waals surface area contributed by atoms with Crippen LogP contribution in [-0.4, -0.2) is 47.2 Å². The first-order chi connectivity index (χ1) is 18.5. The third kappa shape index (κ3) is 6.75. The number of halogens is 2. The maximum absolute atomic E-state index is 13.1. The average Bonchev–Trinajstić information content (AvgIpc) is 3.29. The summed E-state index contributed by atoms with van der Waals surface area (Å²) < 4.78 is 11.4. The van der Waals surface area contributed by atoms with Crippen molar-refractivity contribution in [3.8, 4) is 28.1 Å². The number of hydrogen-bond acceptors (Lipinski definition) is 6. The summed E-state index contributed by atoms with van der Waals surface area (Å²) in [6.45, 7) is 6.00. The summed E-state index contributed by atoms with van der Waals surface area (Å²) in [7, 11) is 1.57. The number of aromatic nitrogens is 1. The van der Waals surface area contributed by atoms with Crippen molar-refractivity contribution in [2.24, 2.45) is 0 Å². The van der Waals surface area contributed by atoms with Gasteiger partial charge in [0.05, 0.1) is 35.1 Å². The molecule has 0 unspecified atom stereocenters. The molecule has 2 heterocycles. The monoisotopic (exact) mass is 570 g/mol. The zero-order chi connectivity index (χ0) is 28.3. The van der Waals surface area contributed by atoms with Crippen LogP contribution >= 0.6 is 23.2 Å². The molecule has 0 radical (unpaired) electrons. The Morgan fingerprint density at radius 2 is 1.90 bits per heavy atom. The van der Waals surface area contributed by atoms with E-state index in [0.29, 0.717) is 57.7 Å². The number of methoxy groups -OCH3 is 1. The molecular formula is C29H32Cl2N4O4. The summed E-state index contributed by atoms with van der Waals surface area (Å²) in [5.41, 5.74) is 9.26. The van der Waals surface area contributed by atoms with E-state index in [2.05, 4.69) is 10.3 Å². The Labute approximate surface area is 238 Å². The van der Waals surface area contributed by atoms with Gasteiger partial charge >= 0.3 is 6.09 Å². The molecule has 206 valence electrons. The third-order valence-electron chi connectivity index (χ3n) is 6.31. The Bertz CT molecular complexity index is 1390. The highest BCUT2D eigenvalue weighted by Crippen LogP contribution is 2.40. The molecule has 0 saturated carbocycles. The van der Waals surface area contributed by atoms with E-state index >= 15 is 0 Å². The van der Waals surface area contributed by atoms with Crippen LogP contribution in [0.4, 0.5) is 10.5 Å². The molecule has 39 heavy (non-hydrogen) atoms. The summed E-state index contributed by atoms with van der Waals surface area (Å²) in [6.07, 6.45) is 2.30. The van der Waals surface area contributed by atoms with E-state index in [9.17, 15) is 9.59 Å². The van der Waals surface area contributed by atoms with Gasteiger partial charge in [-0.25, -0.2) is 4.79 Å². The standard InChI is InChI=1S/C29H32Cl2N4O4/c1-29(2,3)39-28(37)35(16-19-10-11-24(36)34-19)15-18-9-8-17(14-23(18)38-4)27-26(31)21(12-13-33-27)20-6-5-7-22(32)25(20)30/h5-9,12-14,19H,10-11,15-16,32H2,1-4H3,(H,34,36)/t19-/m0/s1. The molecule has 0 bridgehead atoms. The zero-order valence-corrected chi connectivity index (χ0v) is 23.9. The molecule has 3 N–H and O–H groups in total. The van der Waals surface area contributed by atoms with Gasteiger partial charge in [0, 0.05) is 47.5 Å². The fourth-order valence-electron chi connectivity index (χ4n) is 4.45. The maximum atomic E-state index is 13.1. The van der Waals surface area contributed by atoms with Crippen LogP contribution in [-0.2, 0) is 16.1 Å². The van der Waals surface area contributed by atoms with Crippen molar-refractivity contribution < 1.29 is 19.1 Å². The Morgan fingerprint density at radius 1 is 1.15 bits per heavy atom. The van der Waals surface area contributed by atoms with Gasteiger partial charge in [-0.15, -0.1) is 0 Å². The summed E-state index contributed by atoms with van der Waals surface area (Å²) in [5.74, 6) is 0.541. The van der Waals surface area contributed by atoms with E-state index in [-0.39, 0.29) is 18.5 Å². The SMILES string of the molecule is COc1cc(-c2nccc(-c3cccc(N)c3Cl)c2Cl)ccc1CN(C[C@@H]1CCC(=O)N1)C(=O)OC(C)(C)C. The highest BCUT2D eigenvalue weighted by Gasteiger charge is 2.29. The van der Waals surface area contributed by atoms with Crippen molar-refractivity contribution in [1.29, 1.82) is 0 Å². The number of nitrogens with two attached hydrogens (primary N) is 1. The minimum absolute atomic E-state index is 0.0165. The molecule has 3 aromatic rings. The number of ether oxygens (including phenoxy) is 2. The second kappa shape index (κ2) is 11.7. The lowest BCUT2D eigenvalue weighted by atomic mass is 10.0. The lowest BCUT2D eigenvalue weighted by Gasteiger charge is -2.29. The summed E-state index contributed by atoms with van der Waals surface area (Å²) >= 11 is 13.3. The summed E-state index contributed by atoms with van der Waals surface area (Å²) in [6, 6.07) is 12.6. The van der Waals surface area contributed by atoms with Gasteiger partial charge in [-0.2, -0.15) is 0 Å². The Hall–Kier alpha value is -3.49. The number of anilines is 1. The van der Waals surface area contributed by atoms with Gasteiger partial charge in [0.1, 0.15) is 11.4 Å². The number of carbonyl (C=O) groups is 2. The van der Waals surface area contributed by atoms with Crippen LogP contribution in [0.25, 0.3) is 22.4 Å². The number of nitrogens with zero attached hydrogens (tertiary/aromatic N) is 2. The van der Waals surface area contributed by atoms with Gasteiger partial charge < -0.3 is 25.4 Å². The molecule has 1 saturated heterocycles. The highest BCUT2D eigenvalue weighted by atomic mass is 35.5. The Morgan fingerprint density at radius 3 is 2.56 bits per heavy atom. The van der Waals surface area contributed by atoms with Gasteiger partial charge in [0.2, 0.25) is 5.91 Å². The van der Waals surface area contributed by atoms with E-state index in [1.807, 2.05) is 51.1 Å². The first-order valence-electron chi connectivity index (χ1n) is 12.6. The van der Waals surface area contributed by atoms with E-state index in [1.54, 1.807) is 30.3 Å². The summed E-state index contributed by atoms with van der Waals surface area (Å²) in [4.78, 5) is 30.9. The van der Waals surface area contributed by atoms with E-state index in [0.717, 1.165) is 11.1 Å². The van der Waals surface area contributed by atoms with Crippen molar-refractivity contribution in [3.05, 3.63) is 64.3 Å². The number of hydrogen-bond donors (Lipinski definition) is 2. The largest absolute Gasteiger partial charge is 0.496 e. The first kappa shape index (κ1) is 28.5. The predicted octanol–water partition coefficient (Wildman–Crippen LogP) is 6.33. The number of carbonyl (C=O) groups excluding carboxylic acids is 2. The predicted molar refractivity (Wildman–Crippen MR) is 154 cm³/mol. The van der Waals surface area contributed by atoms with Gasteiger partial charge in [0.25, 0.3) is 0 Å². The summed E-state index contributed by atoms with van der Waals surface area (Å²) in [5, 5.41) is 3.76. The van der Waals surface area contributed by atoms with Crippen LogP contribution in [0.1, 0.15) is 39.2 Å². The molecule has 1 aliphatic rings. The van der Waals surface area contributed by atoms with Crippen LogP contribution in [0, 0.1) is 0 Å². The smallest absolute Gasteiger partial charge is 0.410 e. The fraction of sp³-hybridized carbons (Fsp3) is 0.345. The zero-order valence-electron chi connectivity index (χ0n) is 22.4. The number of nitrogens with one attached hydrogen (secondary N) is 1. The second-order valence-corrected chi connectivity index (χ2v) is 11.2. The van der Waals surface area contributed by atoms with Gasteiger partial charge in [-0.05, 0) is 45.4 Å². The van der Waals surface area contributed by atoms with E-state index < -0.39 is 11.7 Å². The molecule has 0 spiro atoms.